The van der Waals surface area contributed by atoms with Gasteiger partial charge in [0.2, 0.25) is 0 Å². The molecule has 1 N–H and O–H groups in total. The number of rotatable bonds is 8. The lowest BCUT2D eigenvalue weighted by Gasteiger charge is -2.41. The number of morpholine rings is 1. The number of urea groups is 1. The monoisotopic (exact) mass is 548 g/mol. The van der Waals surface area contributed by atoms with Crippen LogP contribution in [0, 0.1) is 11.7 Å². The van der Waals surface area contributed by atoms with Gasteiger partial charge in [-0.1, -0.05) is 44.0 Å². The molecule has 0 radical (unpaired) electrons. The molecular weight excluding hydrogens is 503 g/mol. The van der Waals surface area contributed by atoms with Crippen molar-refractivity contribution in [3.8, 4) is 0 Å². The van der Waals surface area contributed by atoms with Crippen molar-refractivity contribution in [3.63, 3.8) is 0 Å². The van der Waals surface area contributed by atoms with E-state index in [2.05, 4.69) is 41.4 Å². The Balaban J connectivity index is 1.16. The Hall–Kier alpha value is -2.64. The molecule has 1 aliphatic carbocycles. The summed E-state index contributed by atoms with van der Waals surface area (Å²) in [6, 6.07) is 15.7. The summed E-state index contributed by atoms with van der Waals surface area (Å²) in [5.41, 5.74) is 4.04. The number of fused-ring (bicyclic) bond motifs is 2. The van der Waals surface area contributed by atoms with Crippen molar-refractivity contribution in [2.75, 3.05) is 42.6 Å². The van der Waals surface area contributed by atoms with Crippen molar-refractivity contribution in [1.82, 2.24) is 10.2 Å². The Bertz CT molecular complexity index is 1130. The fourth-order valence-corrected chi connectivity index (χ4v) is 7.50. The van der Waals surface area contributed by atoms with Crippen LogP contribution in [-0.4, -0.2) is 61.9 Å². The van der Waals surface area contributed by atoms with E-state index >= 15 is 4.39 Å². The van der Waals surface area contributed by atoms with E-state index in [0.29, 0.717) is 62.2 Å². The Labute approximate surface area is 238 Å². The molecule has 0 spiro atoms. The van der Waals surface area contributed by atoms with E-state index < -0.39 is 0 Å². The first-order valence-corrected chi connectivity index (χ1v) is 15.6. The third-order valence-electron chi connectivity index (χ3n) is 9.74. The molecule has 0 aromatic heterocycles. The lowest BCUT2D eigenvalue weighted by molar-refractivity contribution is 0.0983. The van der Waals surface area contributed by atoms with Crippen LogP contribution in [-0.2, 0) is 17.7 Å². The van der Waals surface area contributed by atoms with E-state index in [9.17, 15) is 4.79 Å². The Kier molecular flexibility index (Phi) is 8.59. The van der Waals surface area contributed by atoms with E-state index in [4.69, 9.17) is 4.74 Å². The number of nitrogens with zero attached hydrogens (tertiary/aromatic N) is 3. The number of carbonyl (C=O) groups excluding carboxylic acids is 1. The van der Waals surface area contributed by atoms with Crippen LogP contribution in [0.3, 0.4) is 0 Å². The number of amides is 2. The highest BCUT2D eigenvalue weighted by Gasteiger charge is 2.41. The van der Waals surface area contributed by atoms with Gasteiger partial charge in [0.25, 0.3) is 0 Å². The van der Waals surface area contributed by atoms with Crippen LogP contribution in [0.25, 0.3) is 0 Å². The normalized spacial score (nSPS) is 25.4. The van der Waals surface area contributed by atoms with Crippen LogP contribution < -0.4 is 15.1 Å². The molecule has 6 rings (SSSR count). The summed E-state index contributed by atoms with van der Waals surface area (Å²) in [5.74, 6) is 0.148. The first kappa shape index (κ1) is 27.5. The van der Waals surface area contributed by atoms with Crippen molar-refractivity contribution in [1.29, 1.82) is 0 Å². The first-order valence-electron chi connectivity index (χ1n) is 15.6. The summed E-state index contributed by atoms with van der Waals surface area (Å²) in [6.07, 6.45) is 10.1. The average Bonchev–Trinajstić information content (AvgIpc) is 3.56. The third-order valence-corrected chi connectivity index (χ3v) is 9.74. The number of ether oxygens (including phenoxy) is 1. The topological polar surface area (TPSA) is 48.0 Å². The zero-order valence-electron chi connectivity index (χ0n) is 24.0. The molecule has 2 aromatic rings. The van der Waals surface area contributed by atoms with Gasteiger partial charge in [-0.15, -0.1) is 0 Å². The first-order chi connectivity index (χ1) is 19.6. The number of anilines is 2. The van der Waals surface area contributed by atoms with E-state index in [1.54, 1.807) is 6.07 Å². The molecule has 2 atom stereocenters. The zero-order valence-corrected chi connectivity index (χ0v) is 24.0. The number of hydrogen-bond acceptors (Lipinski definition) is 4. The highest BCUT2D eigenvalue weighted by Crippen LogP contribution is 2.40. The van der Waals surface area contributed by atoms with Gasteiger partial charge in [-0.2, -0.15) is 0 Å². The molecule has 2 amide bonds. The molecule has 2 aromatic carbocycles. The molecule has 3 heterocycles. The van der Waals surface area contributed by atoms with Crippen molar-refractivity contribution in [2.45, 2.75) is 89.4 Å². The SMILES string of the molecule is CCc1ccc(CN2C3CCC2CC(CN(C(=O)NC2CCCC2)c2ccc(N4CCOCC4)c(F)c2)C3)cc1. The summed E-state index contributed by atoms with van der Waals surface area (Å²) < 4.78 is 20.9. The Morgan fingerprint density at radius 3 is 2.30 bits per heavy atom. The van der Waals surface area contributed by atoms with Gasteiger partial charge in [-0.05, 0) is 80.2 Å². The van der Waals surface area contributed by atoms with Crippen molar-refractivity contribution in [3.05, 3.63) is 59.4 Å². The number of hydrogen-bond donors (Lipinski definition) is 1. The molecule has 6 nitrogen and oxygen atoms in total. The third kappa shape index (κ3) is 6.15. The van der Waals surface area contributed by atoms with Crippen molar-refractivity contribution >= 4 is 17.4 Å². The molecule has 4 fully saturated rings. The fourth-order valence-electron chi connectivity index (χ4n) is 7.50. The molecule has 1 saturated carbocycles. The second-order valence-corrected chi connectivity index (χ2v) is 12.3. The smallest absolute Gasteiger partial charge is 0.322 e. The molecule has 2 unspecified atom stereocenters. The minimum Gasteiger partial charge on any atom is -0.378 e. The van der Waals surface area contributed by atoms with E-state index in [-0.39, 0.29) is 17.9 Å². The van der Waals surface area contributed by atoms with Gasteiger partial charge in [-0.25, -0.2) is 9.18 Å². The van der Waals surface area contributed by atoms with Crippen molar-refractivity contribution in [2.24, 2.45) is 5.92 Å². The average molecular weight is 549 g/mol. The van der Waals surface area contributed by atoms with Crippen molar-refractivity contribution < 1.29 is 13.9 Å². The van der Waals surface area contributed by atoms with E-state index in [0.717, 1.165) is 51.5 Å². The maximum Gasteiger partial charge on any atom is 0.322 e. The summed E-state index contributed by atoms with van der Waals surface area (Å²) in [4.78, 5) is 20.2. The minimum atomic E-state index is -0.262. The molecule has 4 aliphatic rings. The van der Waals surface area contributed by atoms with E-state index in [1.165, 1.54) is 24.0 Å². The van der Waals surface area contributed by atoms with Crippen LogP contribution in [0.4, 0.5) is 20.6 Å². The molecule has 3 aliphatic heterocycles. The summed E-state index contributed by atoms with van der Waals surface area (Å²) in [5, 5.41) is 3.28. The molecule has 7 heteroatoms. The largest absolute Gasteiger partial charge is 0.378 e. The second-order valence-electron chi connectivity index (χ2n) is 12.3. The number of benzene rings is 2. The van der Waals surface area contributed by atoms with Gasteiger partial charge >= 0.3 is 6.03 Å². The minimum absolute atomic E-state index is 0.0730. The maximum absolute atomic E-state index is 15.4. The number of piperidine rings is 1. The van der Waals surface area contributed by atoms with Gasteiger partial charge in [0.15, 0.2) is 0 Å². The fraction of sp³-hybridized carbons (Fsp3) is 0.606. The maximum atomic E-state index is 15.4. The molecule has 216 valence electrons. The van der Waals surface area contributed by atoms with Crippen LogP contribution in [0.15, 0.2) is 42.5 Å². The summed E-state index contributed by atoms with van der Waals surface area (Å²) in [6.45, 7) is 6.44. The van der Waals surface area contributed by atoms with Crippen LogP contribution in [0.1, 0.15) is 69.4 Å². The Morgan fingerprint density at radius 2 is 1.65 bits per heavy atom. The van der Waals surface area contributed by atoms with Gasteiger partial charge in [0.05, 0.1) is 18.9 Å². The second kappa shape index (κ2) is 12.5. The number of halogens is 1. The quantitative estimate of drug-likeness (QED) is 0.431. The van der Waals surface area contributed by atoms with Gasteiger partial charge in [0, 0.05) is 50.0 Å². The predicted octanol–water partition coefficient (Wildman–Crippen LogP) is 6.13. The molecular formula is C33H45FN4O2. The van der Waals surface area contributed by atoms with Crippen LogP contribution in [0.5, 0.6) is 0 Å². The molecule has 2 bridgehead atoms. The van der Waals surface area contributed by atoms with Crippen LogP contribution in [0.2, 0.25) is 0 Å². The van der Waals surface area contributed by atoms with Gasteiger partial charge < -0.3 is 15.0 Å². The zero-order chi connectivity index (χ0) is 27.5. The highest BCUT2D eigenvalue weighted by atomic mass is 19.1. The lowest BCUT2D eigenvalue weighted by Crippen LogP contribution is -2.49. The van der Waals surface area contributed by atoms with Crippen LogP contribution >= 0.6 is 0 Å². The molecule has 40 heavy (non-hydrogen) atoms. The van der Waals surface area contributed by atoms with Gasteiger partial charge in [-0.3, -0.25) is 9.80 Å². The summed E-state index contributed by atoms with van der Waals surface area (Å²) in [7, 11) is 0. The number of aryl methyl sites for hydroxylation is 1. The molecule has 3 saturated heterocycles. The van der Waals surface area contributed by atoms with E-state index in [1.807, 2.05) is 21.9 Å². The van der Waals surface area contributed by atoms with Gasteiger partial charge in [0.1, 0.15) is 5.82 Å². The predicted molar refractivity (Wildman–Crippen MR) is 158 cm³/mol. The lowest BCUT2D eigenvalue weighted by atomic mass is 9.89. The number of carbonyl (C=O) groups is 1. The Morgan fingerprint density at radius 1 is 0.975 bits per heavy atom. The highest BCUT2D eigenvalue weighted by molar-refractivity contribution is 5.92. The number of nitrogens with one attached hydrogen (secondary N) is 1. The standard InChI is InChI=1S/C33H45FN4O2/c1-2-24-7-9-25(10-8-24)22-37-28-11-12-29(37)20-26(19-28)23-38(33(39)35-27-5-3-4-6-27)30-13-14-32(31(34)21-30)36-15-17-40-18-16-36/h7-10,13-14,21,26-29H,2-6,11-12,15-20,22-23H2,1H3,(H,35,39). The summed E-state index contributed by atoms with van der Waals surface area (Å²) >= 11 is 0.